The van der Waals surface area contributed by atoms with Crippen molar-refractivity contribution in [2.75, 3.05) is 0 Å². The molecule has 11 atom stereocenters. The lowest BCUT2D eigenvalue weighted by molar-refractivity contribution is -0.258. The summed E-state index contributed by atoms with van der Waals surface area (Å²) in [6.07, 6.45) is 1.56. The van der Waals surface area contributed by atoms with E-state index >= 15 is 0 Å². The van der Waals surface area contributed by atoms with Crippen molar-refractivity contribution >= 4 is 0 Å². The van der Waals surface area contributed by atoms with Crippen LogP contribution >= 0.6 is 0 Å². The van der Waals surface area contributed by atoms with Crippen molar-refractivity contribution in [2.45, 2.75) is 61.8 Å². The van der Waals surface area contributed by atoms with Gasteiger partial charge in [0.1, 0.15) is 0 Å². The molecule has 0 saturated heterocycles. The molecule has 0 aliphatic heterocycles. The molecule has 6 aliphatic carbocycles. The van der Waals surface area contributed by atoms with Crippen LogP contribution < -0.4 is 0 Å². The minimum absolute atomic E-state index is 0.550. The summed E-state index contributed by atoms with van der Waals surface area (Å²) in [6.45, 7) is 21.4. The topological polar surface area (TPSA) is 0 Å². The third-order valence-corrected chi connectivity index (χ3v) is 12.3. The zero-order chi connectivity index (χ0) is 14.7. The quantitative estimate of drug-likeness (QED) is 0.566. The van der Waals surface area contributed by atoms with Crippen LogP contribution in [0.5, 0.6) is 0 Å². The highest BCUT2D eigenvalue weighted by Gasteiger charge is 2.98. The van der Waals surface area contributed by atoms with Crippen molar-refractivity contribution in [3.63, 3.8) is 0 Å². The fraction of sp³-hybridized carbons (Fsp3) is 1.00. The number of hydrogen-bond acceptors (Lipinski definition) is 0. The zero-order valence-electron chi connectivity index (χ0n) is 14.7. The van der Waals surface area contributed by atoms with E-state index in [1.807, 2.05) is 0 Å². The molecule has 11 unspecified atom stereocenters. The van der Waals surface area contributed by atoms with Crippen molar-refractivity contribution in [1.82, 2.24) is 0 Å². The highest BCUT2D eigenvalue weighted by Crippen LogP contribution is 3.03. The first kappa shape index (κ1) is 12.5. The highest BCUT2D eigenvalue weighted by atomic mass is 15.0. The predicted octanol–water partition coefficient (Wildman–Crippen LogP) is 5.23. The molecule has 0 radical (unpaired) electrons. The first-order valence-corrected chi connectivity index (χ1v) is 9.09. The monoisotopic (exact) mass is 272 g/mol. The molecule has 0 aromatic heterocycles. The summed E-state index contributed by atoms with van der Waals surface area (Å²) in [5, 5.41) is 0. The summed E-state index contributed by atoms with van der Waals surface area (Å²) in [6, 6.07) is 0. The van der Waals surface area contributed by atoms with E-state index in [0.29, 0.717) is 27.1 Å². The van der Waals surface area contributed by atoms with E-state index in [1.54, 1.807) is 6.42 Å². The van der Waals surface area contributed by atoms with Gasteiger partial charge in [-0.05, 0) is 69.0 Å². The maximum absolute atomic E-state index is 2.74. The highest BCUT2D eigenvalue weighted by molar-refractivity contribution is 5.45. The summed E-state index contributed by atoms with van der Waals surface area (Å²) < 4.78 is 0. The molecule has 0 N–H and O–H groups in total. The average molecular weight is 272 g/mol. The molecule has 0 aromatic carbocycles. The molecule has 0 heteroatoms. The number of rotatable bonds is 0. The average Bonchev–Trinajstić information content (AvgIpc) is 2.81. The molecule has 6 rings (SSSR count). The van der Waals surface area contributed by atoms with Gasteiger partial charge in [0.25, 0.3) is 0 Å². The van der Waals surface area contributed by atoms with E-state index < -0.39 is 0 Å². The minimum atomic E-state index is 0.550. The van der Waals surface area contributed by atoms with Gasteiger partial charge in [0.15, 0.2) is 0 Å². The van der Waals surface area contributed by atoms with E-state index in [-0.39, 0.29) is 0 Å². The van der Waals surface area contributed by atoms with Gasteiger partial charge in [0.2, 0.25) is 0 Å². The Morgan fingerprint density at radius 3 is 1.90 bits per heavy atom. The Balaban J connectivity index is 1.99. The Kier molecular flexibility index (Phi) is 1.61. The molecule has 0 nitrogen and oxygen atoms in total. The maximum atomic E-state index is 2.74. The van der Waals surface area contributed by atoms with Gasteiger partial charge in [-0.1, -0.05) is 55.4 Å². The van der Waals surface area contributed by atoms with Crippen molar-refractivity contribution in [1.29, 1.82) is 0 Å². The van der Waals surface area contributed by atoms with Crippen molar-refractivity contribution in [3.05, 3.63) is 0 Å². The van der Waals surface area contributed by atoms with Crippen LogP contribution in [0.1, 0.15) is 61.8 Å². The van der Waals surface area contributed by atoms with Gasteiger partial charge >= 0.3 is 0 Å². The largest absolute Gasteiger partial charge is 0.0617 e. The van der Waals surface area contributed by atoms with Crippen molar-refractivity contribution in [2.24, 2.45) is 62.6 Å². The summed E-state index contributed by atoms with van der Waals surface area (Å²) in [4.78, 5) is 0. The Morgan fingerprint density at radius 1 is 0.700 bits per heavy atom. The summed E-state index contributed by atoms with van der Waals surface area (Å²) >= 11 is 0. The van der Waals surface area contributed by atoms with E-state index in [2.05, 4.69) is 55.4 Å². The second kappa shape index (κ2) is 2.56. The molecule has 6 saturated carbocycles. The van der Waals surface area contributed by atoms with E-state index in [0.717, 1.165) is 35.5 Å². The van der Waals surface area contributed by atoms with Crippen LogP contribution in [-0.2, 0) is 0 Å². The molecule has 6 fully saturated rings. The third kappa shape index (κ3) is 0.576. The maximum Gasteiger partial charge on any atom is -0.0168 e. The Bertz CT molecular complexity index is 546. The van der Waals surface area contributed by atoms with Crippen LogP contribution in [0.4, 0.5) is 0 Å². The fourth-order valence-corrected chi connectivity index (χ4v) is 11.4. The standard InChI is InChI=1S/C20H32/c1-10-14-9-20-12(3)16(5)11(2)15(14)19(20,8)17(10,6)18(16,7)13(20)4/h10-15H,9H2,1-8H3. The van der Waals surface area contributed by atoms with E-state index in [9.17, 15) is 0 Å². The number of hydrogen-bond donors (Lipinski definition) is 0. The Morgan fingerprint density at radius 2 is 1.30 bits per heavy atom. The lowest BCUT2D eigenvalue weighted by Gasteiger charge is -2.72. The van der Waals surface area contributed by atoms with E-state index in [1.165, 1.54) is 0 Å². The molecule has 20 heavy (non-hydrogen) atoms. The molecular formula is C20H32. The molecule has 1 spiro atoms. The summed E-state index contributed by atoms with van der Waals surface area (Å²) in [5.74, 6) is 5.76. The summed E-state index contributed by atoms with van der Waals surface area (Å²) in [7, 11) is 0. The molecule has 0 aromatic rings. The van der Waals surface area contributed by atoms with Gasteiger partial charge in [-0.15, -0.1) is 0 Å². The first-order valence-electron chi connectivity index (χ1n) is 9.09. The van der Waals surface area contributed by atoms with Gasteiger partial charge in [-0.3, -0.25) is 0 Å². The second-order valence-corrected chi connectivity index (χ2v) is 10.3. The normalized spacial score (nSPS) is 82.8. The smallest absolute Gasteiger partial charge is 0.0168 e. The SMILES string of the molecule is CC1C2C3CC45C(C)C1(C)C(C)(C4C)C(C)(C3C)C25C. The van der Waals surface area contributed by atoms with Crippen LogP contribution in [0.2, 0.25) is 0 Å². The van der Waals surface area contributed by atoms with Gasteiger partial charge < -0.3 is 0 Å². The van der Waals surface area contributed by atoms with E-state index in [4.69, 9.17) is 0 Å². The molecule has 7 bridgehead atoms. The van der Waals surface area contributed by atoms with Crippen LogP contribution in [0.25, 0.3) is 0 Å². The van der Waals surface area contributed by atoms with Crippen LogP contribution in [0, 0.1) is 62.6 Å². The zero-order valence-corrected chi connectivity index (χ0v) is 14.7. The molecule has 6 aliphatic rings. The van der Waals surface area contributed by atoms with Gasteiger partial charge in [0.05, 0.1) is 0 Å². The Labute approximate surface area is 125 Å². The van der Waals surface area contributed by atoms with Gasteiger partial charge in [0, 0.05) is 0 Å². The van der Waals surface area contributed by atoms with Crippen LogP contribution in [-0.4, -0.2) is 0 Å². The molecule has 0 amide bonds. The van der Waals surface area contributed by atoms with Gasteiger partial charge in [-0.2, -0.15) is 0 Å². The molecule has 112 valence electrons. The van der Waals surface area contributed by atoms with Crippen LogP contribution in [0.15, 0.2) is 0 Å². The lowest BCUT2D eigenvalue weighted by Crippen LogP contribution is -2.68. The fourth-order valence-electron chi connectivity index (χ4n) is 11.4. The Hall–Kier alpha value is 0. The van der Waals surface area contributed by atoms with Crippen molar-refractivity contribution in [3.8, 4) is 0 Å². The predicted molar refractivity (Wildman–Crippen MR) is 83.1 cm³/mol. The molecule has 0 heterocycles. The lowest BCUT2D eigenvalue weighted by atomic mass is 9.31. The van der Waals surface area contributed by atoms with Crippen LogP contribution in [0.3, 0.4) is 0 Å². The van der Waals surface area contributed by atoms with Gasteiger partial charge in [-0.25, -0.2) is 0 Å². The summed E-state index contributed by atoms with van der Waals surface area (Å²) in [5.41, 5.74) is 2.99. The minimum Gasteiger partial charge on any atom is -0.0617 e. The molecular weight excluding hydrogens is 240 g/mol. The second-order valence-electron chi connectivity index (χ2n) is 10.3. The third-order valence-electron chi connectivity index (χ3n) is 12.3. The van der Waals surface area contributed by atoms with Crippen molar-refractivity contribution < 1.29 is 0 Å². The first-order chi connectivity index (χ1) is 9.09.